The van der Waals surface area contributed by atoms with E-state index < -0.39 is 6.04 Å². The van der Waals surface area contributed by atoms with E-state index in [9.17, 15) is 4.79 Å². The normalized spacial score (nSPS) is 16.6. The summed E-state index contributed by atoms with van der Waals surface area (Å²) in [4.78, 5) is 18.0. The lowest BCUT2D eigenvalue weighted by molar-refractivity contribution is -0.133. The van der Waals surface area contributed by atoms with E-state index in [1.807, 2.05) is 17.0 Å². The van der Waals surface area contributed by atoms with Gasteiger partial charge in [0.25, 0.3) is 0 Å². The van der Waals surface area contributed by atoms with Crippen LogP contribution < -0.4 is 5.73 Å². The van der Waals surface area contributed by atoms with Crippen molar-refractivity contribution in [2.75, 3.05) is 0 Å². The minimum absolute atomic E-state index is 0.0235. The maximum atomic E-state index is 12.0. The van der Waals surface area contributed by atoms with E-state index in [2.05, 4.69) is 20.9 Å². The zero-order valence-corrected chi connectivity index (χ0v) is 11.4. The van der Waals surface area contributed by atoms with Crippen LogP contribution in [0.1, 0.15) is 25.3 Å². The van der Waals surface area contributed by atoms with Crippen LogP contribution in [-0.4, -0.2) is 27.9 Å². The SMILES string of the molecule is C[C@H](N)C(=O)N(Cc1ccc(Br)nc1)C1CC1. The molecule has 0 aliphatic heterocycles. The number of nitrogens with zero attached hydrogens (tertiary/aromatic N) is 2. The quantitative estimate of drug-likeness (QED) is 0.860. The Kier molecular flexibility index (Phi) is 3.79. The van der Waals surface area contributed by atoms with E-state index in [0.29, 0.717) is 12.6 Å². The van der Waals surface area contributed by atoms with Gasteiger partial charge in [-0.15, -0.1) is 0 Å². The molecule has 0 spiro atoms. The minimum Gasteiger partial charge on any atom is -0.334 e. The Morgan fingerprint density at radius 1 is 1.65 bits per heavy atom. The molecule has 1 aliphatic rings. The van der Waals surface area contributed by atoms with Gasteiger partial charge in [-0.05, 0) is 47.3 Å². The number of carbonyl (C=O) groups is 1. The molecule has 2 N–H and O–H groups in total. The topological polar surface area (TPSA) is 59.2 Å². The van der Waals surface area contributed by atoms with Crippen LogP contribution in [0.2, 0.25) is 0 Å². The molecule has 1 heterocycles. The van der Waals surface area contributed by atoms with E-state index in [1.54, 1.807) is 13.1 Å². The first-order valence-corrected chi connectivity index (χ1v) is 6.53. The summed E-state index contributed by atoms with van der Waals surface area (Å²) in [5.41, 5.74) is 6.70. The van der Waals surface area contributed by atoms with Gasteiger partial charge in [-0.25, -0.2) is 4.98 Å². The molecule has 1 aromatic rings. The first kappa shape index (κ1) is 12.5. The van der Waals surface area contributed by atoms with Crippen LogP contribution in [0.4, 0.5) is 0 Å². The highest BCUT2D eigenvalue weighted by Crippen LogP contribution is 2.28. The molecule has 1 amide bonds. The molecule has 0 unspecified atom stereocenters. The number of hydrogen-bond acceptors (Lipinski definition) is 3. The molecule has 92 valence electrons. The van der Waals surface area contributed by atoms with E-state index in [1.165, 1.54) is 0 Å². The molecular formula is C12H16BrN3O. The van der Waals surface area contributed by atoms with Crippen LogP contribution in [0.5, 0.6) is 0 Å². The van der Waals surface area contributed by atoms with Crippen molar-refractivity contribution >= 4 is 21.8 Å². The molecule has 4 nitrogen and oxygen atoms in total. The van der Waals surface area contributed by atoms with Crippen molar-refractivity contribution in [1.82, 2.24) is 9.88 Å². The lowest BCUT2D eigenvalue weighted by Crippen LogP contribution is -2.42. The number of amides is 1. The molecule has 1 aliphatic carbocycles. The third-order valence-electron chi connectivity index (χ3n) is 2.80. The van der Waals surface area contributed by atoms with Gasteiger partial charge in [0, 0.05) is 18.8 Å². The van der Waals surface area contributed by atoms with Gasteiger partial charge in [-0.3, -0.25) is 4.79 Å². The molecule has 0 saturated heterocycles. The first-order valence-electron chi connectivity index (χ1n) is 5.74. The third-order valence-corrected chi connectivity index (χ3v) is 3.27. The van der Waals surface area contributed by atoms with Gasteiger partial charge in [-0.2, -0.15) is 0 Å². The fourth-order valence-corrected chi connectivity index (χ4v) is 1.97. The fraction of sp³-hybridized carbons (Fsp3) is 0.500. The van der Waals surface area contributed by atoms with Gasteiger partial charge in [0.2, 0.25) is 5.91 Å². The summed E-state index contributed by atoms with van der Waals surface area (Å²) in [7, 11) is 0. The summed E-state index contributed by atoms with van der Waals surface area (Å²) < 4.78 is 0.803. The maximum Gasteiger partial charge on any atom is 0.239 e. The van der Waals surface area contributed by atoms with E-state index in [4.69, 9.17) is 5.73 Å². The van der Waals surface area contributed by atoms with Crippen molar-refractivity contribution in [1.29, 1.82) is 0 Å². The Morgan fingerprint density at radius 3 is 2.82 bits per heavy atom. The Bertz CT molecular complexity index is 401. The standard InChI is InChI=1S/C12H16BrN3O/c1-8(14)12(17)16(10-3-4-10)7-9-2-5-11(13)15-6-9/h2,5-6,8,10H,3-4,7,14H2,1H3/t8-/m0/s1. The Labute approximate surface area is 109 Å². The van der Waals surface area contributed by atoms with Crippen molar-refractivity contribution in [2.24, 2.45) is 5.73 Å². The second kappa shape index (κ2) is 5.14. The number of pyridine rings is 1. The van der Waals surface area contributed by atoms with Crippen molar-refractivity contribution in [3.63, 3.8) is 0 Å². The molecule has 0 radical (unpaired) electrons. The van der Waals surface area contributed by atoms with Gasteiger partial charge in [0.15, 0.2) is 0 Å². The van der Waals surface area contributed by atoms with Crippen LogP contribution in [0.3, 0.4) is 0 Å². The fourth-order valence-electron chi connectivity index (χ4n) is 1.73. The molecule has 5 heteroatoms. The van der Waals surface area contributed by atoms with Crippen molar-refractivity contribution < 1.29 is 4.79 Å². The summed E-state index contributed by atoms with van der Waals surface area (Å²) in [6, 6.07) is 3.80. The van der Waals surface area contributed by atoms with Crippen molar-refractivity contribution in [2.45, 2.75) is 38.4 Å². The average molecular weight is 298 g/mol. The molecule has 1 saturated carbocycles. The van der Waals surface area contributed by atoms with Crippen LogP contribution in [0.25, 0.3) is 0 Å². The van der Waals surface area contributed by atoms with E-state index in [0.717, 1.165) is 23.0 Å². The number of carbonyl (C=O) groups excluding carboxylic acids is 1. The summed E-state index contributed by atoms with van der Waals surface area (Å²) in [6.45, 7) is 2.34. The molecule has 0 aromatic carbocycles. The number of nitrogens with two attached hydrogens (primary N) is 1. The molecule has 17 heavy (non-hydrogen) atoms. The van der Waals surface area contributed by atoms with Crippen LogP contribution in [0.15, 0.2) is 22.9 Å². The van der Waals surface area contributed by atoms with Crippen molar-refractivity contribution in [3.05, 3.63) is 28.5 Å². The summed E-state index contributed by atoms with van der Waals surface area (Å²) in [6.07, 6.45) is 3.96. The predicted molar refractivity (Wildman–Crippen MR) is 69.2 cm³/mol. The number of rotatable bonds is 4. The Hall–Kier alpha value is -0.940. The number of aromatic nitrogens is 1. The Balaban J connectivity index is 2.07. The van der Waals surface area contributed by atoms with Gasteiger partial charge < -0.3 is 10.6 Å². The molecule has 1 aromatic heterocycles. The first-order chi connectivity index (χ1) is 8.08. The van der Waals surface area contributed by atoms with Crippen LogP contribution in [0, 0.1) is 0 Å². The predicted octanol–water partition coefficient (Wildman–Crippen LogP) is 1.68. The molecular weight excluding hydrogens is 282 g/mol. The lowest BCUT2D eigenvalue weighted by atomic mass is 10.2. The zero-order chi connectivity index (χ0) is 12.4. The average Bonchev–Trinajstić information content (AvgIpc) is 3.11. The molecule has 1 fully saturated rings. The highest BCUT2D eigenvalue weighted by Gasteiger charge is 2.33. The van der Waals surface area contributed by atoms with E-state index >= 15 is 0 Å². The second-order valence-electron chi connectivity index (χ2n) is 4.48. The summed E-state index contributed by atoms with van der Waals surface area (Å²) >= 11 is 3.29. The third kappa shape index (κ3) is 3.26. The lowest BCUT2D eigenvalue weighted by Gasteiger charge is -2.24. The van der Waals surface area contributed by atoms with Gasteiger partial charge in [0.1, 0.15) is 4.60 Å². The summed E-state index contributed by atoms with van der Waals surface area (Å²) in [5.74, 6) is 0.0235. The summed E-state index contributed by atoms with van der Waals surface area (Å²) in [5, 5.41) is 0. The number of halogens is 1. The number of hydrogen-bond donors (Lipinski definition) is 1. The van der Waals surface area contributed by atoms with E-state index in [-0.39, 0.29) is 5.91 Å². The minimum atomic E-state index is -0.431. The van der Waals surface area contributed by atoms with Gasteiger partial charge in [0.05, 0.1) is 6.04 Å². The van der Waals surface area contributed by atoms with Gasteiger partial charge in [-0.1, -0.05) is 6.07 Å². The smallest absolute Gasteiger partial charge is 0.239 e. The monoisotopic (exact) mass is 297 g/mol. The van der Waals surface area contributed by atoms with Crippen molar-refractivity contribution in [3.8, 4) is 0 Å². The highest BCUT2D eigenvalue weighted by molar-refractivity contribution is 9.10. The maximum absolute atomic E-state index is 12.0. The van der Waals surface area contributed by atoms with Gasteiger partial charge >= 0.3 is 0 Å². The molecule has 1 atom stereocenters. The van der Waals surface area contributed by atoms with Crippen LogP contribution in [-0.2, 0) is 11.3 Å². The van der Waals surface area contributed by atoms with Crippen LogP contribution >= 0.6 is 15.9 Å². The molecule has 2 rings (SSSR count). The largest absolute Gasteiger partial charge is 0.334 e. The molecule has 0 bridgehead atoms. The Morgan fingerprint density at radius 2 is 2.35 bits per heavy atom. The highest BCUT2D eigenvalue weighted by atomic mass is 79.9. The zero-order valence-electron chi connectivity index (χ0n) is 9.77. The second-order valence-corrected chi connectivity index (χ2v) is 5.29.